The molecule has 2 aromatic rings. The average Bonchev–Trinajstić information content (AvgIpc) is 2.62. The van der Waals surface area contributed by atoms with Crippen LogP contribution in [0.25, 0.3) is 0 Å². The number of aromatic nitrogens is 2. The SMILES string of the molecule is CN(C)c1cc(N2CCCC(C)(C(=O)Nc3ccccc3)C2)ncn1. The molecule has 1 unspecified atom stereocenters. The van der Waals surface area contributed by atoms with Crippen LogP contribution in [-0.4, -0.2) is 43.1 Å². The van der Waals surface area contributed by atoms with E-state index in [1.54, 1.807) is 6.33 Å². The number of hydrogen-bond acceptors (Lipinski definition) is 5. The van der Waals surface area contributed by atoms with E-state index in [9.17, 15) is 4.79 Å². The van der Waals surface area contributed by atoms with Crippen LogP contribution in [0.2, 0.25) is 0 Å². The molecule has 25 heavy (non-hydrogen) atoms. The van der Waals surface area contributed by atoms with Gasteiger partial charge in [0.05, 0.1) is 5.41 Å². The van der Waals surface area contributed by atoms with E-state index in [-0.39, 0.29) is 5.91 Å². The molecule has 1 atom stereocenters. The first-order valence-corrected chi connectivity index (χ1v) is 8.59. The van der Waals surface area contributed by atoms with Gasteiger partial charge >= 0.3 is 0 Å². The smallest absolute Gasteiger partial charge is 0.232 e. The summed E-state index contributed by atoms with van der Waals surface area (Å²) < 4.78 is 0. The quantitative estimate of drug-likeness (QED) is 0.928. The van der Waals surface area contributed by atoms with E-state index in [1.807, 2.05) is 62.3 Å². The maximum Gasteiger partial charge on any atom is 0.232 e. The summed E-state index contributed by atoms with van der Waals surface area (Å²) >= 11 is 0. The van der Waals surface area contributed by atoms with E-state index in [2.05, 4.69) is 20.2 Å². The Kier molecular flexibility index (Phi) is 4.88. The van der Waals surface area contributed by atoms with Crippen LogP contribution in [0.5, 0.6) is 0 Å². The molecule has 1 aromatic carbocycles. The number of nitrogens with one attached hydrogen (secondary N) is 1. The normalized spacial score (nSPS) is 20.2. The third-order valence-electron chi connectivity index (χ3n) is 4.70. The monoisotopic (exact) mass is 339 g/mol. The first-order valence-electron chi connectivity index (χ1n) is 8.59. The number of nitrogens with zero attached hydrogens (tertiary/aromatic N) is 4. The lowest BCUT2D eigenvalue weighted by Crippen LogP contribution is -2.48. The minimum Gasteiger partial charge on any atom is -0.363 e. The lowest BCUT2D eigenvalue weighted by Gasteiger charge is -2.40. The first kappa shape index (κ1) is 17.2. The maximum atomic E-state index is 12.9. The molecule has 1 aliphatic rings. The third-order valence-corrected chi connectivity index (χ3v) is 4.70. The van der Waals surface area contributed by atoms with Crippen molar-refractivity contribution < 1.29 is 4.79 Å². The highest BCUT2D eigenvalue weighted by molar-refractivity contribution is 5.95. The summed E-state index contributed by atoms with van der Waals surface area (Å²) in [4.78, 5) is 25.7. The molecule has 1 amide bonds. The Morgan fingerprint density at radius 2 is 2.00 bits per heavy atom. The van der Waals surface area contributed by atoms with Crippen molar-refractivity contribution in [3.63, 3.8) is 0 Å². The summed E-state index contributed by atoms with van der Waals surface area (Å²) in [5.41, 5.74) is 0.389. The molecule has 0 bridgehead atoms. The zero-order valence-electron chi connectivity index (χ0n) is 15.1. The molecule has 6 heteroatoms. The van der Waals surface area contributed by atoms with Crippen molar-refractivity contribution in [3.05, 3.63) is 42.7 Å². The van der Waals surface area contributed by atoms with Gasteiger partial charge in [-0.15, -0.1) is 0 Å². The predicted molar refractivity (Wildman–Crippen MR) is 101 cm³/mol. The Morgan fingerprint density at radius 1 is 1.24 bits per heavy atom. The van der Waals surface area contributed by atoms with Crippen LogP contribution < -0.4 is 15.1 Å². The molecule has 1 N–H and O–H groups in total. The van der Waals surface area contributed by atoms with Crippen molar-refractivity contribution in [2.24, 2.45) is 5.41 Å². The van der Waals surface area contributed by atoms with E-state index in [1.165, 1.54) is 0 Å². The van der Waals surface area contributed by atoms with Crippen LogP contribution >= 0.6 is 0 Å². The molecule has 1 aliphatic heterocycles. The standard InChI is InChI=1S/C19H25N5O/c1-19(18(25)22-15-8-5-4-6-9-15)10-7-11-24(13-19)17-12-16(23(2)3)20-14-21-17/h4-6,8-9,12,14H,7,10-11,13H2,1-3H3,(H,22,25). The topological polar surface area (TPSA) is 61.4 Å². The van der Waals surface area contributed by atoms with Crippen LogP contribution in [0.1, 0.15) is 19.8 Å². The molecule has 6 nitrogen and oxygen atoms in total. The second-order valence-electron chi connectivity index (χ2n) is 7.03. The van der Waals surface area contributed by atoms with Crippen molar-refractivity contribution in [3.8, 4) is 0 Å². The van der Waals surface area contributed by atoms with E-state index < -0.39 is 5.41 Å². The number of piperidine rings is 1. The Bertz CT molecular complexity index is 734. The number of rotatable bonds is 4. The van der Waals surface area contributed by atoms with Crippen LogP contribution in [0.15, 0.2) is 42.7 Å². The summed E-state index contributed by atoms with van der Waals surface area (Å²) in [5, 5.41) is 3.05. The van der Waals surface area contributed by atoms with Gasteiger partial charge < -0.3 is 15.1 Å². The van der Waals surface area contributed by atoms with E-state index in [0.717, 1.165) is 36.7 Å². The van der Waals surface area contributed by atoms with Crippen molar-refractivity contribution >= 4 is 23.2 Å². The maximum absolute atomic E-state index is 12.9. The van der Waals surface area contributed by atoms with Gasteiger partial charge in [-0.3, -0.25) is 4.79 Å². The van der Waals surface area contributed by atoms with E-state index in [4.69, 9.17) is 0 Å². The fourth-order valence-electron chi connectivity index (χ4n) is 3.18. The molecule has 0 radical (unpaired) electrons. The second-order valence-corrected chi connectivity index (χ2v) is 7.03. The van der Waals surface area contributed by atoms with Crippen LogP contribution in [0.4, 0.5) is 17.3 Å². The number of carbonyl (C=O) groups is 1. The first-order chi connectivity index (χ1) is 12.0. The van der Waals surface area contributed by atoms with Crippen molar-refractivity contribution in [2.75, 3.05) is 42.3 Å². The zero-order chi connectivity index (χ0) is 17.9. The van der Waals surface area contributed by atoms with E-state index in [0.29, 0.717) is 6.54 Å². The summed E-state index contributed by atoms with van der Waals surface area (Å²) in [6.45, 7) is 3.58. The Balaban J connectivity index is 1.75. The minimum atomic E-state index is -0.447. The largest absolute Gasteiger partial charge is 0.363 e. The Morgan fingerprint density at radius 3 is 2.72 bits per heavy atom. The Hall–Kier alpha value is -2.63. The van der Waals surface area contributed by atoms with Gasteiger partial charge in [0, 0.05) is 38.9 Å². The molecular weight excluding hydrogens is 314 g/mol. The summed E-state index contributed by atoms with van der Waals surface area (Å²) in [6, 6.07) is 11.6. The molecule has 132 valence electrons. The minimum absolute atomic E-state index is 0.0605. The highest BCUT2D eigenvalue weighted by Crippen LogP contribution is 2.33. The van der Waals surface area contributed by atoms with Crippen LogP contribution in [-0.2, 0) is 4.79 Å². The van der Waals surface area contributed by atoms with Gasteiger partial charge in [0.15, 0.2) is 0 Å². The van der Waals surface area contributed by atoms with Crippen molar-refractivity contribution in [1.82, 2.24) is 9.97 Å². The highest BCUT2D eigenvalue weighted by Gasteiger charge is 2.38. The number of carbonyl (C=O) groups excluding carboxylic acids is 1. The van der Waals surface area contributed by atoms with Gasteiger partial charge in [-0.05, 0) is 31.9 Å². The molecule has 2 heterocycles. The zero-order valence-corrected chi connectivity index (χ0v) is 15.1. The summed E-state index contributed by atoms with van der Waals surface area (Å²) in [7, 11) is 3.92. The Labute approximate surface area is 148 Å². The fourth-order valence-corrected chi connectivity index (χ4v) is 3.18. The lowest BCUT2D eigenvalue weighted by atomic mass is 9.81. The van der Waals surface area contributed by atoms with E-state index >= 15 is 0 Å². The van der Waals surface area contributed by atoms with Gasteiger partial charge in [0.2, 0.25) is 5.91 Å². The van der Waals surface area contributed by atoms with Gasteiger partial charge in [-0.25, -0.2) is 9.97 Å². The van der Waals surface area contributed by atoms with Crippen LogP contribution in [0, 0.1) is 5.41 Å². The molecule has 1 saturated heterocycles. The van der Waals surface area contributed by atoms with Gasteiger partial charge in [-0.2, -0.15) is 0 Å². The van der Waals surface area contributed by atoms with Gasteiger partial charge in [-0.1, -0.05) is 18.2 Å². The predicted octanol–water partition coefficient (Wildman–Crippen LogP) is 2.79. The molecule has 0 spiro atoms. The average molecular weight is 339 g/mol. The number of hydrogen-bond donors (Lipinski definition) is 1. The van der Waals surface area contributed by atoms with Crippen molar-refractivity contribution in [1.29, 1.82) is 0 Å². The molecule has 3 rings (SSSR count). The highest BCUT2D eigenvalue weighted by atomic mass is 16.2. The molecular formula is C19H25N5O. The van der Waals surface area contributed by atoms with Gasteiger partial charge in [0.25, 0.3) is 0 Å². The molecule has 0 saturated carbocycles. The molecule has 1 aromatic heterocycles. The van der Waals surface area contributed by atoms with Gasteiger partial charge in [0.1, 0.15) is 18.0 Å². The third kappa shape index (κ3) is 3.90. The van der Waals surface area contributed by atoms with Crippen molar-refractivity contribution in [2.45, 2.75) is 19.8 Å². The fraction of sp³-hybridized carbons (Fsp3) is 0.421. The van der Waals surface area contributed by atoms with Crippen LogP contribution in [0.3, 0.4) is 0 Å². The summed E-state index contributed by atoms with van der Waals surface area (Å²) in [6.07, 6.45) is 3.41. The second kappa shape index (κ2) is 7.09. The lowest BCUT2D eigenvalue weighted by molar-refractivity contribution is -0.125. The number of benzene rings is 1. The number of para-hydroxylation sites is 1. The number of anilines is 3. The number of amides is 1. The molecule has 0 aliphatic carbocycles. The summed E-state index contributed by atoms with van der Waals surface area (Å²) in [5.74, 6) is 1.80. The molecule has 1 fully saturated rings.